The average molecular weight is 286 g/mol. The van der Waals surface area contributed by atoms with Gasteiger partial charge in [-0.15, -0.1) is 0 Å². The highest BCUT2D eigenvalue weighted by atomic mass is 16.5. The highest BCUT2D eigenvalue weighted by Crippen LogP contribution is 2.26. The van der Waals surface area contributed by atoms with Crippen molar-refractivity contribution >= 4 is 11.5 Å². The Hall–Kier alpha value is -2.76. The highest BCUT2D eigenvalue weighted by Gasteiger charge is 2.13. The number of amidine groups is 1. The van der Waals surface area contributed by atoms with Gasteiger partial charge in [0.1, 0.15) is 5.75 Å². The Bertz CT molecular complexity index is 629. The molecule has 6 nitrogen and oxygen atoms in total. The predicted molar refractivity (Wildman–Crippen MR) is 81.8 cm³/mol. The Labute approximate surface area is 123 Å². The Morgan fingerprint density at radius 3 is 2.86 bits per heavy atom. The zero-order valence-corrected chi connectivity index (χ0v) is 12.0. The quantitative estimate of drug-likeness (QED) is 0.379. The van der Waals surface area contributed by atoms with E-state index in [4.69, 9.17) is 15.7 Å². The third-order valence-corrected chi connectivity index (χ3v) is 3.14. The number of hydrogen-bond acceptors (Lipinski definition) is 5. The van der Waals surface area contributed by atoms with E-state index in [1.165, 1.54) is 0 Å². The second kappa shape index (κ2) is 6.60. The van der Waals surface area contributed by atoms with Crippen LogP contribution in [0.4, 0.5) is 5.69 Å². The maximum Gasteiger partial charge on any atom is 0.172 e. The van der Waals surface area contributed by atoms with Crippen LogP contribution in [0.1, 0.15) is 11.1 Å². The number of rotatable bonds is 5. The molecule has 1 heterocycles. The Kier molecular flexibility index (Phi) is 4.61. The lowest BCUT2D eigenvalue weighted by atomic mass is 10.1. The van der Waals surface area contributed by atoms with Crippen LogP contribution in [0.2, 0.25) is 0 Å². The van der Waals surface area contributed by atoms with Crippen molar-refractivity contribution in [2.75, 3.05) is 19.1 Å². The minimum absolute atomic E-state index is 0.0608. The Morgan fingerprint density at radius 2 is 2.24 bits per heavy atom. The van der Waals surface area contributed by atoms with E-state index in [1.807, 2.05) is 30.1 Å². The molecule has 110 valence electrons. The molecule has 0 aliphatic rings. The SMILES string of the molecule is COc1ccc(/C(N)=N/O)c(N(C)Cc2cccnc2)c1. The molecule has 2 aromatic rings. The number of anilines is 1. The second-order valence-corrected chi connectivity index (χ2v) is 4.59. The third kappa shape index (κ3) is 3.42. The molecule has 3 N–H and O–H groups in total. The molecule has 0 saturated heterocycles. The van der Waals surface area contributed by atoms with Gasteiger partial charge in [-0.25, -0.2) is 0 Å². The van der Waals surface area contributed by atoms with Gasteiger partial charge in [-0.1, -0.05) is 11.2 Å². The zero-order valence-electron chi connectivity index (χ0n) is 12.0. The maximum absolute atomic E-state index is 8.91. The molecular formula is C15H18N4O2. The van der Waals surface area contributed by atoms with Crippen molar-refractivity contribution < 1.29 is 9.94 Å². The number of methoxy groups -OCH3 is 1. The zero-order chi connectivity index (χ0) is 15.2. The maximum atomic E-state index is 8.91. The first-order valence-corrected chi connectivity index (χ1v) is 6.41. The summed E-state index contributed by atoms with van der Waals surface area (Å²) in [5.41, 5.74) is 8.26. The van der Waals surface area contributed by atoms with Crippen molar-refractivity contribution in [1.82, 2.24) is 4.98 Å². The van der Waals surface area contributed by atoms with Crippen LogP contribution in [0.5, 0.6) is 5.75 Å². The summed E-state index contributed by atoms with van der Waals surface area (Å²) in [6.07, 6.45) is 3.54. The summed E-state index contributed by atoms with van der Waals surface area (Å²) in [7, 11) is 3.53. The van der Waals surface area contributed by atoms with Gasteiger partial charge >= 0.3 is 0 Å². The minimum Gasteiger partial charge on any atom is -0.497 e. The van der Waals surface area contributed by atoms with Crippen molar-refractivity contribution in [3.63, 3.8) is 0 Å². The summed E-state index contributed by atoms with van der Waals surface area (Å²) in [4.78, 5) is 6.09. The standard InChI is InChI=1S/C15H18N4O2/c1-19(10-11-4-3-7-17-9-11)14-8-12(21-2)5-6-13(14)15(16)18-20/h3-9,20H,10H2,1-2H3,(H2,16,18). The molecular weight excluding hydrogens is 268 g/mol. The number of pyridine rings is 1. The number of nitrogens with zero attached hydrogens (tertiary/aromatic N) is 3. The molecule has 21 heavy (non-hydrogen) atoms. The van der Waals surface area contributed by atoms with Crippen molar-refractivity contribution in [3.8, 4) is 5.75 Å². The number of hydrogen-bond donors (Lipinski definition) is 2. The first-order valence-electron chi connectivity index (χ1n) is 6.41. The number of ether oxygens (including phenoxy) is 1. The highest BCUT2D eigenvalue weighted by molar-refractivity contribution is 6.02. The molecule has 0 fully saturated rings. The summed E-state index contributed by atoms with van der Waals surface area (Å²) in [5, 5.41) is 12.0. The van der Waals surface area contributed by atoms with Gasteiger partial charge in [0, 0.05) is 37.6 Å². The summed E-state index contributed by atoms with van der Waals surface area (Å²) in [5.74, 6) is 0.767. The van der Waals surface area contributed by atoms with Crippen molar-refractivity contribution in [2.45, 2.75) is 6.54 Å². The lowest BCUT2D eigenvalue weighted by molar-refractivity contribution is 0.318. The van der Waals surface area contributed by atoms with Gasteiger partial charge < -0.3 is 20.6 Å². The van der Waals surface area contributed by atoms with E-state index < -0.39 is 0 Å². The average Bonchev–Trinajstić information content (AvgIpc) is 2.54. The molecule has 0 amide bonds. The van der Waals surface area contributed by atoms with E-state index in [-0.39, 0.29) is 5.84 Å². The monoisotopic (exact) mass is 286 g/mol. The largest absolute Gasteiger partial charge is 0.497 e. The summed E-state index contributed by atoms with van der Waals surface area (Å²) < 4.78 is 5.24. The summed E-state index contributed by atoms with van der Waals surface area (Å²) in [6, 6.07) is 9.27. The summed E-state index contributed by atoms with van der Waals surface area (Å²) in [6.45, 7) is 0.646. The van der Waals surface area contributed by atoms with Gasteiger partial charge in [0.25, 0.3) is 0 Å². The van der Waals surface area contributed by atoms with E-state index in [9.17, 15) is 0 Å². The van der Waals surface area contributed by atoms with Gasteiger partial charge in [0.05, 0.1) is 12.8 Å². The molecule has 0 unspecified atom stereocenters. The number of aromatic nitrogens is 1. The van der Waals surface area contributed by atoms with E-state index >= 15 is 0 Å². The topological polar surface area (TPSA) is 84.0 Å². The van der Waals surface area contributed by atoms with Crippen molar-refractivity contribution in [2.24, 2.45) is 10.9 Å². The van der Waals surface area contributed by atoms with E-state index in [0.29, 0.717) is 17.9 Å². The Balaban J connectivity index is 2.35. The van der Waals surface area contributed by atoms with Crippen LogP contribution < -0.4 is 15.4 Å². The lowest BCUT2D eigenvalue weighted by Crippen LogP contribution is -2.22. The minimum atomic E-state index is 0.0608. The number of oxime groups is 1. The first kappa shape index (κ1) is 14.6. The van der Waals surface area contributed by atoms with E-state index in [2.05, 4.69) is 10.1 Å². The molecule has 0 bridgehead atoms. The predicted octanol–water partition coefficient (Wildman–Crippen LogP) is 1.82. The fourth-order valence-corrected chi connectivity index (χ4v) is 2.08. The van der Waals surface area contributed by atoms with Crippen LogP contribution in [0.3, 0.4) is 0 Å². The molecule has 0 radical (unpaired) electrons. The van der Waals surface area contributed by atoms with Crippen LogP contribution in [0, 0.1) is 0 Å². The number of benzene rings is 1. The molecule has 0 aliphatic carbocycles. The fourth-order valence-electron chi connectivity index (χ4n) is 2.08. The van der Waals surface area contributed by atoms with E-state index in [1.54, 1.807) is 31.6 Å². The van der Waals surface area contributed by atoms with E-state index in [0.717, 1.165) is 11.3 Å². The molecule has 6 heteroatoms. The van der Waals surface area contributed by atoms with Gasteiger partial charge in [-0.2, -0.15) is 0 Å². The van der Waals surface area contributed by atoms with Crippen LogP contribution in [-0.4, -0.2) is 30.2 Å². The smallest absolute Gasteiger partial charge is 0.172 e. The molecule has 0 atom stereocenters. The normalized spacial score (nSPS) is 11.2. The molecule has 0 spiro atoms. The first-order chi connectivity index (χ1) is 10.2. The van der Waals surface area contributed by atoms with Gasteiger partial charge in [0.2, 0.25) is 0 Å². The van der Waals surface area contributed by atoms with Crippen molar-refractivity contribution in [1.29, 1.82) is 0 Å². The molecule has 0 aliphatic heterocycles. The molecule has 1 aromatic carbocycles. The van der Waals surface area contributed by atoms with Gasteiger partial charge in [0.15, 0.2) is 5.84 Å². The number of nitrogens with two attached hydrogens (primary N) is 1. The van der Waals surface area contributed by atoms with Gasteiger partial charge in [-0.05, 0) is 23.8 Å². The van der Waals surface area contributed by atoms with Crippen LogP contribution in [-0.2, 0) is 6.54 Å². The third-order valence-electron chi connectivity index (χ3n) is 3.14. The van der Waals surface area contributed by atoms with Gasteiger partial charge in [-0.3, -0.25) is 4.98 Å². The van der Waals surface area contributed by atoms with Crippen molar-refractivity contribution in [3.05, 3.63) is 53.9 Å². The van der Waals surface area contributed by atoms with Crippen LogP contribution in [0.15, 0.2) is 47.9 Å². The molecule has 0 saturated carbocycles. The van der Waals surface area contributed by atoms with Crippen LogP contribution in [0.25, 0.3) is 0 Å². The lowest BCUT2D eigenvalue weighted by Gasteiger charge is -2.22. The second-order valence-electron chi connectivity index (χ2n) is 4.59. The Morgan fingerprint density at radius 1 is 1.43 bits per heavy atom. The summed E-state index contributed by atoms with van der Waals surface area (Å²) >= 11 is 0. The molecule has 1 aromatic heterocycles. The van der Waals surface area contributed by atoms with Crippen LogP contribution >= 0.6 is 0 Å². The fraction of sp³-hybridized carbons (Fsp3) is 0.200. The molecule has 2 rings (SSSR count).